The van der Waals surface area contributed by atoms with E-state index in [9.17, 15) is 40.7 Å². The Morgan fingerprint density at radius 2 is 1.43 bits per heavy atom. The third-order valence-electron chi connectivity index (χ3n) is 9.32. The van der Waals surface area contributed by atoms with Crippen LogP contribution >= 0.6 is 11.3 Å². The summed E-state index contributed by atoms with van der Waals surface area (Å²) in [5.41, 5.74) is 1.63. The molecule has 3 N–H and O–H groups in total. The van der Waals surface area contributed by atoms with Crippen LogP contribution in [0.3, 0.4) is 0 Å². The topological polar surface area (TPSA) is 174 Å². The summed E-state index contributed by atoms with van der Waals surface area (Å²) in [6.07, 6.45) is -2.97. The van der Waals surface area contributed by atoms with Crippen LogP contribution in [0.2, 0.25) is 0 Å². The molecule has 300 valence electrons. The van der Waals surface area contributed by atoms with Gasteiger partial charge in [-0.05, 0) is 43.2 Å². The van der Waals surface area contributed by atoms with Gasteiger partial charge in [0.2, 0.25) is 12.7 Å². The molecule has 1 saturated carbocycles. The first-order chi connectivity index (χ1) is 25.3. The summed E-state index contributed by atoms with van der Waals surface area (Å²) in [6, 6.07) is 11.7. The van der Waals surface area contributed by atoms with Crippen LogP contribution in [-0.4, -0.2) is 87.7 Å². The number of ether oxygens (including phenoxy) is 2. The van der Waals surface area contributed by atoms with Crippen molar-refractivity contribution in [2.45, 2.75) is 82.7 Å². The second kappa shape index (κ2) is 19.9. The van der Waals surface area contributed by atoms with E-state index in [0.29, 0.717) is 16.5 Å². The summed E-state index contributed by atoms with van der Waals surface area (Å²) in [6.45, 7) is 4.71. The Kier molecular flexibility index (Phi) is 16.3. The molecule has 2 aromatic rings. The number of carboxylic acids is 2. The number of carbonyl (C=O) groups excluding carboxylic acids is 5. The number of nitrogens with two attached hydrogens (primary N) is 1. The zero-order valence-corrected chi connectivity index (χ0v) is 30.5. The number of hydrogen-bond donors (Lipinski definition) is 2. The van der Waals surface area contributed by atoms with Crippen molar-refractivity contribution in [1.29, 1.82) is 0 Å². The maximum absolute atomic E-state index is 14.3. The molecule has 0 bridgehead atoms. The van der Waals surface area contributed by atoms with Crippen LogP contribution in [0.15, 0.2) is 36.4 Å². The van der Waals surface area contributed by atoms with Crippen molar-refractivity contribution in [3.05, 3.63) is 41.3 Å². The Bertz CT molecular complexity index is 1540. The van der Waals surface area contributed by atoms with E-state index in [0.717, 1.165) is 81.4 Å². The molecule has 2 saturated heterocycles. The van der Waals surface area contributed by atoms with Gasteiger partial charge in [-0.15, -0.1) is 11.3 Å². The minimum Gasteiger partial charge on any atom is -0.542 e. The van der Waals surface area contributed by atoms with E-state index in [1.807, 2.05) is 46.6 Å². The molecule has 1 amide bonds. The summed E-state index contributed by atoms with van der Waals surface area (Å²) in [5.74, 6) is -6.18. The standard InChI is InChI=1S/C31H41N3O5S.2C2HF3O2/c1-21-10-12-23(13-11-21)29(35)34(24-14-17-33(2)18-15-24)26-19-27(22-7-4-3-5-8-22)40-28(26)31(37)39-20-38-30(36)25-9-6-16-32-25;2*3-2(4,5)1(6)7/h3-5,7-8,19,21,23-25,32H,6,9-18,20H2,1-2H3;2*(H,6,7). The number of amides is 1. The summed E-state index contributed by atoms with van der Waals surface area (Å²) in [4.78, 5) is 62.4. The first kappa shape index (κ1) is 44.2. The molecule has 3 aliphatic rings. The van der Waals surface area contributed by atoms with Gasteiger partial charge in [-0.2, -0.15) is 26.3 Å². The summed E-state index contributed by atoms with van der Waals surface area (Å²) in [5, 5.41) is 19.5. The van der Waals surface area contributed by atoms with Gasteiger partial charge in [0.15, 0.2) is 6.04 Å². The number of carbonyl (C=O) groups is 5. The van der Waals surface area contributed by atoms with Gasteiger partial charge in [0.25, 0.3) is 0 Å². The number of thiophene rings is 1. The zero-order valence-electron chi connectivity index (χ0n) is 29.6. The van der Waals surface area contributed by atoms with Crippen molar-refractivity contribution < 1.29 is 80.2 Å². The van der Waals surface area contributed by atoms with Crippen LogP contribution in [0.1, 0.15) is 68.0 Å². The maximum Gasteiger partial charge on any atom is 0.430 e. The zero-order chi connectivity index (χ0) is 40.2. The van der Waals surface area contributed by atoms with E-state index in [1.54, 1.807) is 0 Å². The van der Waals surface area contributed by atoms with Crippen molar-refractivity contribution in [1.82, 2.24) is 0 Å². The van der Waals surface area contributed by atoms with Gasteiger partial charge in [0.05, 0.1) is 32.4 Å². The lowest BCUT2D eigenvalue weighted by Gasteiger charge is -2.38. The number of nitrogens with zero attached hydrogens (tertiary/aromatic N) is 1. The smallest absolute Gasteiger partial charge is 0.430 e. The number of piperidine rings is 1. The van der Waals surface area contributed by atoms with Crippen molar-refractivity contribution in [2.24, 2.45) is 11.8 Å². The molecule has 1 aromatic heterocycles. The minimum atomic E-state index is -5.19. The summed E-state index contributed by atoms with van der Waals surface area (Å²) in [7, 11) is 2.19. The fraction of sp³-hybridized carbons (Fsp3) is 0.571. The maximum atomic E-state index is 14.3. The number of aliphatic carboxylic acids is 2. The molecule has 0 radical (unpaired) electrons. The van der Waals surface area contributed by atoms with Crippen LogP contribution in [0, 0.1) is 11.8 Å². The van der Waals surface area contributed by atoms with Crippen molar-refractivity contribution >= 4 is 46.8 Å². The highest BCUT2D eigenvalue weighted by molar-refractivity contribution is 7.18. The normalized spacial score (nSPS) is 22.7. The molecule has 5 rings (SSSR count). The van der Waals surface area contributed by atoms with E-state index in [2.05, 4.69) is 14.0 Å². The molecule has 1 aromatic carbocycles. The van der Waals surface area contributed by atoms with E-state index >= 15 is 0 Å². The van der Waals surface area contributed by atoms with Gasteiger partial charge >= 0.3 is 24.3 Å². The van der Waals surface area contributed by atoms with Crippen molar-refractivity contribution in [2.75, 3.05) is 38.4 Å². The predicted octanol–water partition coefficient (Wildman–Crippen LogP) is 1.23. The number of benzene rings is 1. The quantitative estimate of drug-likeness (QED) is 0.227. The fourth-order valence-electron chi connectivity index (χ4n) is 6.31. The Labute approximate surface area is 311 Å². The van der Waals surface area contributed by atoms with Crippen molar-refractivity contribution in [3.63, 3.8) is 0 Å². The number of rotatable bonds is 8. The molecule has 3 fully saturated rings. The van der Waals surface area contributed by atoms with Crippen molar-refractivity contribution in [3.8, 4) is 10.4 Å². The van der Waals surface area contributed by atoms with E-state index in [4.69, 9.17) is 29.3 Å². The number of alkyl halides is 6. The first-order valence-electron chi connectivity index (χ1n) is 17.4. The van der Waals surface area contributed by atoms with Gasteiger partial charge < -0.3 is 44.4 Å². The van der Waals surface area contributed by atoms with E-state index in [-0.39, 0.29) is 29.9 Å². The number of esters is 2. The number of likely N-dealkylation sites (tertiary alicyclic amines) is 1. The monoisotopic (exact) mass is 795 g/mol. The molecule has 1 atom stereocenters. The molecule has 2 aliphatic heterocycles. The average Bonchev–Trinajstić information content (AvgIpc) is 3.81. The number of halogens is 6. The number of hydrogen-bond acceptors (Lipinski definition) is 10. The molecular formula is C35H43F6N3O9S. The second-order valence-corrected chi connectivity index (χ2v) is 14.5. The lowest BCUT2D eigenvalue weighted by Crippen LogP contribution is -3.10. The van der Waals surface area contributed by atoms with E-state index in [1.165, 1.54) is 16.2 Å². The van der Waals surface area contributed by atoms with Crippen LogP contribution in [0.5, 0.6) is 0 Å². The lowest BCUT2D eigenvalue weighted by molar-refractivity contribution is -0.884. The largest absolute Gasteiger partial charge is 0.542 e. The number of nitrogens with one attached hydrogen (secondary N) is 1. The molecule has 3 heterocycles. The third kappa shape index (κ3) is 13.3. The van der Waals surface area contributed by atoms with Gasteiger partial charge in [-0.3, -0.25) is 4.79 Å². The highest BCUT2D eigenvalue weighted by atomic mass is 32.1. The Hall–Kier alpha value is -4.23. The van der Waals surface area contributed by atoms with Crippen LogP contribution in [0.25, 0.3) is 10.4 Å². The van der Waals surface area contributed by atoms with Crippen LogP contribution in [-0.2, 0) is 28.7 Å². The summed E-state index contributed by atoms with van der Waals surface area (Å²) >= 11 is 1.34. The van der Waals surface area contributed by atoms with Crippen LogP contribution < -0.4 is 25.3 Å². The van der Waals surface area contributed by atoms with Gasteiger partial charge in [-0.25, -0.2) is 9.59 Å². The molecule has 0 spiro atoms. The highest BCUT2D eigenvalue weighted by Crippen LogP contribution is 2.41. The minimum absolute atomic E-state index is 0.0317. The first-order valence-corrected chi connectivity index (χ1v) is 18.2. The Morgan fingerprint density at radius 3 is 1.93 bits per heavy atom. The number of quaternary nitrogens is 2. The molecule has 1 aliphatic carbocycles. The molecule has 19 heteroatoms. The summed E-state index contributed by atoms with van der Waals surface area (Å²) < 4.78 is 73.9. The van der Waals surface area contributed by atoms with Crippen LogP contribution in [0.4, 0.5) is 32.0 Å². The highest BCUT2D eigenvalue weighted by Gasteiger charge is 2.38. The second-order valence-electron chi connectivity index (χ2n) is 13.4. The van der Waals surface area contributed by atoms with Gasteiger partial charge in [0, 0.05) is 42.5 Å². The molecular weight excluding hydrogens is 752 g/mol. The molecule has 12 nitrogen and oxygen atoms in total. The Balaban J connectivity index is 0.000000476. The average molecular weight is 796 g/mol. The van der Waals surface area contributed by atoms with Gasteiger partial charge in [0.1, 0.15) is 16.8 Å². The van der Waals surface area contributed by atoms with E-state index < -0.39 is 37.1 Å². The molecule has 54 heavy (non-hydrogen) atoms. The SMILES string of the molecule is CC1CCC(C(=O)N(c2cc(-c3ccccc3)sc2C(=O)OCOC(=O)C2CCC[NH2+]2)C2CC[NH+](C)CC2)CC1.O=C([O-])C(F)(F)F.O=C([O-])C(F)(F)F. The fourth-order valence-corrected chi connectivity index (χ4v) is 7.35. The van der Waals surface area contributed by atoms with Gasteiger partial charge in [-0.1, -0.05) is 37.3 Å². The Morgan fingerprint density at radius 1 is 0.870 bits per heavy atom. The number of carboxylic acid groups (broad SMARTS) is 2. The predicted molar refractivity (Wildman–Crippen MR) is 176 cm³/mol. The number of anilines is 1. The molecule has 1 unspecified atom stereocenters. The third-order valence-corrected chi connectivity index (χ3v) is 10.5. The lowest BCUT2D eigenvalue weighted by atomic mass is 9.82.